The van der Waals surface area contributed by atoms with Crippen molar-refractivity contribution >= 4 is 0 Å². The summed E-state index contributed by atoms with van der Waals surface area (Å²) in [5.74, 6) is 0. The van der Waals surface area contributed by atoms with Crippen LogP contribution in [0.3, 0.4) is 0 Å². The summed E-state index contributed by atoms with van der Waals surface area (Å²) < 4.78 is 39.1. The molecule has 1 aromatic rings. The Kier molecular flexibility index (Phi) is 6.18. The van der Waals surface area contributed by atoms with E-state index < -0.39 is 11.7 Å². The fourth-order valence-electron chi connectivity index (χ4n) is 4.90. The first kappa shape index (κ1) is 20.6. The zero-order valence-corrected chi connectivity index (χ0v) is 16.7. The molecule has 6 heteroatoms. The van der Waals surface area contributed by atoms with Gasteiger partial charge >= 0.3 is 6.18 Å². The van der Waals surface area contributed by atoms with Crippen LogP contribution < -0.4 is 0 Å². The Hall–Kier alpha value is -1.11. The lowest BCUT2D eigenvalue weighted by molar-refractivity contribution is -0.137. The van der Waals surface area contributed by atoms with E-state index >= 15 is 0 Å². The number of hydrogen-bond acceptors (Lipinski definition) is 3. The van der Waals surface area contributed by atoms with Gasteiger partial charge in [-0.2, -0.15) is 13.2 Å². The van der Waals surface area contributed by atoms with Crippen LogP contribution in [-0.2, 0) is 12.6 Å². The number of nitrogens with zero attached hydrogens (tertiary/aromatic N) is 3. The minimum Gasteiger partial charge on any atom is -0.305 e. The highest BCUT2D eigenvalue weighted by molar-refractivity contribution is 5.26. The lowest BCUT2D eigenvalue weighted by Gasteiger charge is -2.50. The van der Waals surface area contributed by atoms with Gasteiger partial charge < -0.3 is 9.80 Å². The highest BCUT2D eigenvalue weighted by atomic mass is 19.4. The molecule has 2 heterocycles. The Morgan fingerprint density at radius 2 is 1.96 bits per heavy atom. The standard InChI is InChI=1S/C21H32F3N3/c1-25-13-9-19(15-25)27(3)20(10-5-12-26(2)16-20)11-8-17-6-4-7-18(14-17)21(22,23)24/h4,6-7,14,19H,5,8-13,15-16H2,1-3H3/t19-,20+/m0/s1. The molecular weight excluding hydrogens is 351 g/mol. The topological polar surface area (TPSA) is 9.72 Å². The molecule has 0 amide bonds. The van der Waals surface area contributed by atoms with Gasteiger partial charge in [-0.3, -0.25) is 4.90 Å². The van der Waals surface area contributed by atoms with Crippen LogP contribution in [0, 0.1) is 0 Å². The van der Waals surface area contributed by atoms with Gasteiger partial charge in [0.15, 0.2) is 0 Å². The number of benzene rings is 1. The molecule has 3 rings (SSSR count). The van der Waals surface area contributed by atoms with Gasteiger partial charge in [0, 0.05) is 24.7 Å². The van der Waals surface area contributed by atoms with Crippen molar-refractivity contribution in [1.29, 1.82) is 0 Å². The van der Waals surface area contributed by atoms with Gasteiger partial charge in [-0.25, -0.2) is 0 Å². The number of likely N-dealkylation sites (N-methyl/N-ethyl adjacent to an activating group) is 3. The molecule has 1 aromatic carbocycles. The van der Waals surface area contributed by atoms with Crippen LogP contribution >= 0.6 is 0 Å². The normalized spacial score (nSPS) is 28.2. The van der Waals surface area contributed by atoms with Crippen molar-refractivity contribution in [2.45, 2.75) is 49.9 Å². The van der Waals surface area contributed by atoms with Crippen molar-refractivity contribution in [3.8, 4) is 0 Å². The highest BCUT2D eigenvalue weighted by Gasteiger charge is 2.42. The van der Waals surface area contributed by atoms with Gasteiger partial charge in [0.1, 0.15) is 0 Å². The van der Waals surface area contributed by atoms with Crippen LogP contribution in [0.4, 0.5) is 13.2 Å². The second kappa shape index (κ2) is 8.10. The Labute approximate surface area is 161 Å². The lowest BCUT2D eigenvalue weighted by atomic mass is 9.81. The Balaban J connectivity index is 1.76. The van der Waals surface area contributed by atoms with Gasteiger partial charge in [0.05, 0.1) is 5.56 Å². The van der Waals surface area contributed by atoms with Crippen LogP contribution in [0.2, 0.25) is 0 Å². The monoisotopic (exact) mass is 383 g/mol. The van der Waals surface area contributed by atoms with E-state index in [-0.39, 0.29) is 5.54 Å². The summed E-state index contributed by atoms with van der Waals surface area (Å²) in [6.07, 6.45) is 0.741. The largest absolute Gasteiger partial charge is 0.416 e. The summed E-state index contributed by atoms with van der Waals surface area (Å²) in [5, 5.41) is 0. The highest BCUT2D eigenvalue weighted by Crippen LogP contribution is 2.35. The van der Waals surface area contributed by atoms with Gasteiger partial charge in [-0.1, -0.05) is 18.2 Å². The minimum atomic E-state index is -4.27. The van der Waals surface area contributed by atoms with E-state index in [0.717, 1.165) is 57.1 Å². The van der Waals surface area contributed by atoms with Crippen molar-refractivity contribution in [1.82, 2.24) is 14.7 Å². The first-order chi connectivity index (χ1) is 12.7. The molecule has 2 aliphatic rings. The zero-order valence-electron chi connectivity index (χ0n) is 16.7. The van der Waals surface area contributed by atoms with E-state index in [1.54, 1.807) is 0 Å². The van der Waals surface area contributed by atoms with Crippen molar-refractivity contribution in [2.24, 2.45) is 0 Å². The molecule has 2 aliphatic heterocycles. The van der Waals surface area contributed by atoms with E-state index in [2.05, 4.69) is 35.8 Å². The molecule has 0 aromatic heterocycles. The molecule has 2 fully saturated rings. The van der Waals surface area contributed by atoms with Crippen LogP contribution in [-0.4, -0.2) is 73.6 Å². The average Bonchev–Trinajstić information content (AvgIpc) is 3.05. The molecule has 0 spiro atoms. The van der Waals surface area contributed by atoms with Crippen molar-refractivity contribution < 1.29 is 13.2 Å². The third-order valence-electron chi connectivity index (χ3n) is 6.54. The van der Waals surface area contributed by atoms with E-state index in [4.69, 9.17) is 0 Å². The number of piperidine rings is 1. The smallest absolute Gasteiger partial charge is 0.305 e. The number of aryl methyl sites for hydroxylation is 1. The zero-order chi connectivity index (χ0) is 19.7. The molecule has 0 saturated carbocycles. The molecular formula is C21H32F3N3. The Bertz CT molecular complexity index is 633. The molecule has 0 bridgehead atoms. The van der Waals surface area contributed by atoms with Crippen molar-refractivity contribution in [3.05, 3.63) is 35.4 Å². The third kappa shape index (κ3) is 4.84. The predicted molar refractivity (Wildman–Crippen MR) is 103 cm³/mol. The van der Waals surface area contributed by atoms with Gasteiger partial charge in [-0.15, -0.1) is 0 Å². The van der Waals surface area contributed by atoms with Crippen LogP contribution in [0.25, 0.3) is 0 Å². The van der Waals surface area contributed by atoms with E-state index in [1.165, 1.54) is 18.6 Å². The first-order valence-electron chi connectivity index (χ1n) is 9.96. The first-order valence-corrected chi connectivity index (χ1v) is 9.96. The summed E-state index contributed by atoms with van der Waals surface area (Å²) >= 11 is 0. The maximum absolute atomic E-state index is 13.0. The Morgan fingerprint density at radius 3 is 2.59 bits per heavy atom. The van der Waals surface area contributed by atoms with Crippen LogP contribution in [0.1, 0.15) is 36.8 Å². The molecule has 0 aliphatic carbocycles. The molecule has 2 atom stereocenters. The maximum Gasteiger partial charge on any atom is 0.416 e. The molecule has 0 radical (unpaired) electrons. The van der Waals surface area contributed by atoms with Gasteiger partial charge in [-0.05, 0) is 78.0 Å². The molecule has 3 nitrogen and oxygen atoms in total. The van der Waals surface area contributed by atoms with Crippen LogP contribution in [0.5, 0.6) is 0 Å². The molecule has 152 valence electrons. The second-order valence-electron chi connectivity index (χ2n) is 8.58. The average molecular weight is 384 g/mol. The quantitative estimate of drug-likeness (QED) is 0.767. The fraction of sp³-hybridized carbons (Fsp3) is 0.714. The fourth-order valence-corrected chi connectivity index (χ4v) is 4.90. The number of rotatable bonds is 5. The summed E-state index contributed by atoms with van der Waals surface area (Å²) in [7, 11) is 6.55. The summed E-state index contributed by atoms with van der Waals surface area (Å²) in [6, 6.07) is 6.38. The molecule has 0 unspecified atom stereocenters. The Morgan fingerprint density at radius 1 is 1.19 bits per heavy atom. The van der Waals surface area contributed by atoms with Crippen LogP contribution in [0.15, 0.2) is 24.3 Å². The number of hydrogen-bond donors (Lipinski definition) is 0. The summed E-state index contributed by atoms with van der Waals surface area (Å²) in [5.41, 5.74) is 0.284. The number of likely N-dealkylation sites (tertiary alicyclic amines) is 2. The molecule has 2 saturated heterocycles. The lowest BCUT2D eigenvalue weighted by Crippen LogP contribution is -2.60. The minimum absolute atomic E-state index is 0.0388. The number of alkyl halides is 3. The second-order valence-corrected chi connectivity index (χ2v) is 8.58. The van der Waals surface area contributed by atoms with Gasteiger partial charge in [0.25, 0.3) is 0 Å². The van der Waals surface area contributed by atoms with Crippen molar-refractivity contribution in [2.75, 3.05) is 47.3 Å². The molecule has 0 N–H and O–H groups in total. The van der Waals surface area contributed by atoms with Crippen molar-refractivity contribution in [3.63, 3.8) is 0 Å². The van der Waals surface area contributed by atoms with E-state index in [9.17, 15) is 13.2 Å². The predicted octanol–water partition coefficient (Wildman–Crippen LogP) is 3.74. The summed E-state index contributed by atoms with van der Waals surface area (Å²) in [4.78, 5) is 7.30. The SMILES string of the molecule is CN1CC[C@H](N(C)[C@@]2(CCc3cccc(C(F)(F)F)c3)CCCN(C)C2)C1. The third-order valence-corrected chi connectivity index (χ3v) is 6.54. The van der Waals surface area contributed by atoms with Gasteiger partial charge in [0.2, 0.25) is 0 Å². The maximum atomic E-state index is 13.0. The number of halogens is 3. The summed E-state index contributed by atoms with van der Waals surface area (Å²) in [6.45, 7) is 4.28. The van der Waals surface area contributed by atoms with E-state index in [1.807, 2.05) is 6.07 Å². The van der Waals surface area contributed by atoms with E-state index in [0.29, 0.717) is 12.5 Å². The molecule has 27 heavy (non-hydrogen) atoms.